The van der Waals surface area contributed by atoms with Crippen LogP contribution in [0.3, 0.4) is 0 Å². The first-order chi connectivity index (χ1) is 11.7. The number of nitrogens with zero attached hydrogens (tertiary/aromatic N) is 1. The molecule has 0 spiro atoms. The van der Waals surface area contributed by atoms with E-state index >= 15 is 0 Å². The monoisotopic (exact) mass is 347 g/mol. The van der Waals surface area contributed by atoms with Gasteiger partial charge in [-0.1, -0.05) is 0 Å². The summed E-state index contributed by atoms with van der Waals surface area (Å²) in [6.45, 7) is 8.34. The topological polar surface area (TPSA) is 87.7 Å². The van der Waals surface area contributed by atoms with E-state index in [2.05, 4.69) is 10.6 Å². The number of anilines is 2. The molecule has 136 valence electrons. The van der Waals surface area contributed by atoms with Crippen molar-refractivity contribution in [2.45, 2.75) is 39.7 Å². The molecule has 1 heterocycles. The predicted octanol–water partition coefficient (Wildman–Crippen LogP) is 2.84. The molecular formula is C18H25N3O4. The van der Waals surface area contributed by atoms with Crippen molar-refractivity contribution in [3.05, 3.63) is 24.3 Å². The van der Waals surface area contributed by atoms with Gasteiger partial charge in [0.2, 0.25) is 11.8 Å². The fourth-order valence-corrected chi connectivity index (χ4v) is 2.56. The standard InChI is InChI=1S/C18H25N3O4/c1-5-21-11-12(10-15(21)22)16(23)19-13-6-8-14(9-7-13)20-17(24)25-18(2,3)4/h6-9,12H,5,10-11H2,1-4H3,(H,19,23)(H,20,24)/t12-/m1/s1. The first-order valence-corrected chi connectivity index (χ1v) is 8.36. The Morgan fingerprint density at radius 2 is 1.72 bits per heavy atom. The second-order valence-electron chi connectivity index (χ2n) is 7.03. The lowest BCUT2D eigenvalue weighted by Crippen LogP contribution is -2.28. The van der Waals surface area contributed by atoms with Gasteiger partial charge in [-0.15, -0.1) is 0 Å². The zero-order valence-corrected chi connectivity index (χ0v) is 15.1. The Labute approximate surface area is 147 Å². The average molecular weight is 347 g/mol. The number of hydrogen-bond donors (Lipinski definition) is 2. The molecule has 0 unspecified atom stereocenters. The summed E-state index contributed by atoms with van der Waals surface area (Å²) >= 11 is 0. The van der Waals surface area contributed by atoms with Crippen molar-refractivity contribution in [1.29, 1.82) is 0 Å². The van der Waals surface area contributed by atoms with E-state index in [0.717, 1.165) is 0 Å². The van der Waals surface area contributed by atoms with Gasteiger partial charge in [0.15, 0.2) is 0 Å². The molecule has 1 fully saturated rings. The van der Waals surface area contributed by atoms with Crippen molar-refractivity contribution < 1.29 is 19.1 Å². The van der Waals surface area contributed by atoms with Gasteiger partial charge in [0.05, 0.1) is 5.92 Å². The smallest absolute Gasteiger partial charge is 0.412 e. The lowest BCUT2D eigenvalue weighted by Gasteiger charge is -2.19. The summed E-state index contributed by atoms with van der Waals surface area (Å²) in [5.74, 6) is -0.483. The van der Waals surface area contributed by atoms with E-state index in [0.29, 0.717) is 24.5 Å². The summed E-state index contributed by atoms with van der Waals surface area (Å²) < 4.78 is 5.18. The van der Waals surface area contributed by atoms with Crippen LogP contribution in [0.25, 0.3) is 0 Å². The second kappa shape index (κ2) is 7.55. The van der Waals surface area contributed by atoms with Crippen LogP contribution in [0.5, 0.6) is 0 Å². The number of hydrogen-bond acceptors (Lipinski definition) is 4. The SMILES string of the molecule is CCN1C[C@H](C(=O)Nc2ccc(NC(=O)OC(C)(C)C)cc2)CC1=O. The first-order valence-electron chi connectivity index (χ1n) is 8.36. The van der Waals surface area contributed by atoms with Gasteiger partial charge >= 0.3 is 6.09 Å². The summed E-state index contributed by atoms with van der Waals surface area (Å²) in [4.78, 5) is 37.4. The fraction of sp³-hybridized carbons (Fsp3) is 0.500. The molecule has 0 radical (unpaired) electrons. The number of likely N-dealkylation sites (tertiary alicyclic amines) is 1. The van der Waals surface area contributed by atoms with Crippen LogP contribution in [0.15, 0.2) is 24.3 Å². The molecule has 0 bridgehead atoms. The Bertz CT molecular complexity index is 649. The highest BCUT2D eigenvalue weighted by molar-refractivity contribution is 5.97. The zero-order valence-electron chi connectivity index (χ0n) is 15.1. The second-order valence-corrected chi connectivity index (χ2v) is 7.03. The minimum atomic E-state index is -0.566. The van der Waals surface area contributed by atoms with E-state index < -0.39 is 11.7 Å². The van der Waals surface area contributed by atoms with E-state index in [1.807, 2.05) is 6.92 Å². The predicted molar refractivity (Wildman–Crippen MR) is 95.3 cm³/mol. The molecule has 3 amide bonds. The van der Waals surface area contributed by atoms with Crippen molar-refractivity contribution in [2.75, 3.05) is 23.7 Å². The number of nitrogens with one attached hydrogen (secondary N) is 2. The van der Waals surface area contributed by atoms with Gasteiger partial charge in [-0.05, 0) is 52.0 Å². The van der Waals surface area contributed by atoms with Gasteiger partial charge in [-0.25, -0.2) is 4.79 Å². The van der Waals surface area contributed by atoms with Gasteiger partial charge in [0, 0.05) is 30.9 Å². The summed E-state index contributed by atoms with van der Waals surface area (Å²) in [5.41, 5.74) is 0.617. The Kier molecular flexibility index (Phi) is 5.66. The molecule has 2 N–H and O–H groups in total. The van der Waals surface area contributed by atoms with Gasteiger partial charge in [-0.2, -0.15) is 0 Å². The van der Waals surface area contributed by atoms with Crippen LogP contribution in [-0.2, 0) is 14.3 Å². The molecule has 1 atom stereocenters. The van der Waals surface area contributed by atoms with E-state index in [4.69, 9.17) is 4.74 Å². The molecule has 1 aliphatic heterocycles. The summed E-state index contributed by atoms with van der Waals surface area (Å²) in [5, 5.41) is 5.43. The van der Waals surface area contributed by atoms with Crippen LogP contribution in [0, 0.1) is 5.92 Å². The van der Waals surface area contributed by atoms with Crippen LogP contribution in [0.2, 0.25) is 0 Å². The van der Waals surface area contributed by atoms with Crippen molar-refractivity contribution in [1.82, 2.24) is 4.90 Å². The number of rotatable bonds is 4. The highest BCUT2D eigenvalue weighted by atomic mass is 16.6. The minimum absolute atomic E-state index is 0.0135. The molecule has 0 aliphatic carbocycles. The number of carbonyl (C=O) groups excluding carboxylic acids is 3. The Morgan fingerprint density at radius 3 is 2.20 bits per heavy atom. The van der Waals surface area contributed by atoms with Crippen LogP contribution in [-0.4, -0.2) is 41.5 Å². The van der Waals surface area contributed by atoms with Crippen molar-refractivity contribution in [3.8, 4) is 0 Å². The van der Waals surface area contributed by atoms with Crippen molar-refractivity contribution >= 4 is 29.3 Å². The lowest BCUT2D eigenvalue weighted by molar-refractivity contribution is -0.128. The maximum atomic E-state index is 12.3. The molecule has 0 saturated carbocycles. The molecular weight excluding hydrogens is 322 g/mol. The van der Waals surface area contributed by atoms with Crippen molar-refractivity contribution in [3.63, 3.8) is 0 Å². The third kappa shape index (κ3) is 5.48. The molecule has 1 aliphatic rings. The highest BCUT2D eigenvalue weighted by Crippen LogP contribution is 2.21. The van der Waals surface area contributed by atoms with Crippen LogP contribution in [0.1, 0.15) is 34.1 Å². The van der Waals surface area contributed by atoms with Gasteiger partial charge < -0.3 is 15.0 Å². The van der Waals surface area contributed by atoms with Crippen LogP contribution < -0.4 is 10.6 Å². The number of carbonyl (C=O) groups is 3. The van der Waals surface area contributed by atoms with Gasteiger partial charge in [-0.3, -0.25) is 14.9 Å². The molecule has 1 aromatic rings. The normalized spacial score (nSPS) is 17.4. The number of benzene rings is 1. The third-order valence-corrected chi connectivity index (χ3v) is 3.76. The molecule has 0 aromatic heterocycles. The van der Waals surface area contributed by atoms with E-state index in [1.165, 1.54) is 0 Å². The highest BCUT2D eigenvalue weighted by Gasteiger charge is 2.33. The summed E-state index contributed by atoms with van der Waals surface area (Å²) in [6, 6.07) is 6.74. The zero-order chi connectivity index (χ0) is 18.6. The number of amides is 3. The van der Waals surface area contributed by atoms with Crippen molar-refractivity contribution in [2.24, 2.45) is 5.92 Å². The Balaban J connectivity index is 1.89. The third-order valence-electron chi connectivity index (χ3n) is 3.76. The van der Waals surface area contributed by atoms with E-state index in [9.17, 15) is 14.4 Å². The summed E-state index contributed by atoms with van der Waals surface area (Å²) in [6.07, 6.45) is -0.286. The fourth-order valence-electron chi connectivity index (χ4n) is 2.56. The Morgan fingerprint density at radius 1 is 1.16 bits per heavy atom. The first kappa shape index (κ1) is 18.8. The maximum absolute atomic E-state index is 12.3. The van der Waals surface area contributed by atoms with Gasteiger partial charge in [0.1, 0.15) is 5.60 Å². The molecule has 7 heteroatoms. The molecule has 7 nitrogen and oxygen atoms in total. The van der Waals surface area contributed by atoms with Crippen LogP contribution in [0.4, 0.5) is 16.2 Å². The quantitative estimate of drug-likeness (QED) is 0.877. The average Bonchev–Trinajstić information content (AvgIpc) is 2.88. The minimum Gasteiger partial charge on any atom is -0.444 e. The van der Waals surface area contributed by atoms with E-state index in [-0.39, 0.29) is 24.2 Å². The van der Waals surface area contributed by atoms with Gasteiger partial charge in [0.25, 0.3) is 0 Å². The lowest BCUT2D eigenvalue weighted by atomic mass is 10.1. The van der Waals surface area contributed by atoms with E-state index in [1.54, 1.807) is 49.9 Å². The van der Waals surface area contributed by atoms with Crippen LogP contribution >= 0.6 is 0 Å². The summed E-state index contributed by atoms with van der Waals surface area (Å²) in [7, 11) is 0. The maximum Gasteiger partial charge on any atom is 0.412 e. The molecule has 1 saturated heterocycles. The Hall–Kier alpha value is -2.57. The molecule has 1 aromatic carbocycles. The molecule has 2 rings (SSSR count). The largest absolute Gasteiger partial charge is 0.444 e. The number of ether oxygens (including phenoxy) is 1. The molecule has 25 heavy (non-hydrogen) atoms.